The Hall–Kier alpha value is -3.39. The molecule has 4 aromatic rings. The van der Waals surface area contributed by atoms with Gasteiger partial charge in [-0.3, -0.25) is 5.10 Å². The van der Waals surface area contributed by atoms with Gasteiger partial charge in [0.05, 0.1) is 16.8 Å². The van der Waals surface area contributed by atoms with Gasteiger partial charge in [0.25, 0.3) is 0 Å². The Balaban J connectivity index is 1.53. The Morgan fingerprint density at radius 3 is 2.73 bits per heavy atom. The van der Waals surface area contributed by atoms with E-state index in [0.29, 0.717) is 22.9 Å². The zero-order valence-electron chi connectivity index (χ0n) is 16.1. The average molecular weight is 406 g/mol. The molecule has 0 bridgehead atoms. The molecule has 0 radical (unpaired) electrons. The number of hydrogen-bond acceptors (Lipinski definition) is 5. The van der Waals surface area contributed by atoms with Crippen LogP contribution in [0.1, 0.15) is 12.8 Å². The van der Waals surface area contributed by atoms with E-state index in [4.69, 9.17) is 0 Å². The van der Waals surface area contributed by atoms with Gasteiger partial charge >= 0.3 is 0 Å². The first-order valence-electron chi connectivity index (χ1n) is 9.92. The molecule has 2 aromatic carbocycles. The second-order valence-electron chi connectivity index (χ2n) is 7.38. The lowest BCUT2D eigenvalue weighted by Crippen LogP contribution is -2.38. The van der Waals surface area contributed by atoms with Crippen molar-refractivity contribution in [2.24, 2.45) is 0 Å². The van der Waals surface area contributed by atoms with Gasteiger partial charge in [-0.25, -0.2) is 18.7 Å². The number of halogens is 2. The Kier molecular flexibility index (Phi) is 4.84. The van der Waals surface area contributed by atoms with E-state index in [2.05, 4.69) is 30.8 Å². The van der Waals surface area contributed by atoms with Crippen molar-refractivity contribution < 1.29 is 8.78 Å². The van der Waals surface area contributed by atoms with Crippen molar-refractivity contribution in [2.45, 2.75) is 18.9 Å². The highest BCUT2D eigenvalue weighted by molar-refractivity contribution is 5.95. The lowest BCUT2D eigenvalue weighted by atomic mass is 10.0. The van der Waals surface area contributed by atoms with E-state index in [1.165, 1.54) is 18.2 Å². The van der Waals surface area contributed by atoms with Crippen LogP contribution in [0.15, 0.2) is 48.7 Å². The summed E-state index contributed by atoms with van der Waals surface area (Å²) in [6, 6.07) is 11.1. The molecule has 1 unspecified atom stereocenters. The molecule has 1 fully saturated rings. The second kappa shape index (κ2) is 7.79. The van der Waals surface area contributed by atoms with Crippen LogP contribution in [0.2, 0.25) is 0 Å². The lowest BCUT2D eigenvalue weighted by molar-refractivity contribution is 0.478. The van der Waals surface area contributed by atoms with Gasteiger partial charge in [-0.05, 0) is 55.3 Å². The summed E-state index contributed by atoms with van der Waals surface area (Å²) >= 11 is 0. The van der Waals surface area contributed by atoms with Gasteiger partial charge in [-0.15, -0.1) is 0 Å². The Morgan fingerprint density at radius 1 is 1.07 bits per heavy atom. The molecule has 8 heteroatoms. The number of hydrogen-bond donors (Lipinski definition) is 3. The minimum atomic E-state index is -0.603. The SMILES string of the molecule is Fc1cccc(F)c1-c1ccc2[nH]nc(-c3ccnc(NC4CCCNC4)n3)c2c1. The first kappa shape index (κ1) is 18.6. The Morgan fingerprint density at radius 2 is 1.93 bits per heavy atom. The summed E-state index contributed by atoms with van der Waals surface area (Å²) in [5.41, 5.74) is 2.39. The monoisotopic (exact) mass is 406 g/mol. The molecule has 1 aliphatic heterocycles. The maximum Gasteiger partial charge on any atom is 0.223 e. The standard InChI is InChI=1S/C22H20F2N6/c23-16-4-1-5-17(24)20(16)13-6-7-18-15(11-13)21(30-29-18)19-8-10-26-22(28-19)27-14-3-2-9-25-12-14/h1,4-8,10-11,14,25H,2-3,9,12H2,(H,29,30)(H,26,27,28). The number of fused-ring (bicyclic) bond motifs is 1. The number of nitrogens with one attached hydrogen (secondary N) is 3. The normalized spacial score (nSPS) is 16.7. The van der Waals surface area contributed by atoms with Gasteiger partial charge in [0.15, 0.2) is 0 Å². The van der Waals surface area contributed by atoms with Crippen molar-refractivity contribution in [1.82, 2.24) is 25.5 Å². The van der Waals surface area contributed by atoms with Crippen molar-refractivity contribution >= 4 is 16.9 Å². The summed E-state index contributed by atoms with van der Waals surface area (Å²) in [5, 5.41) is 14.8. The number of anilines is 1. The smallest absolute Gasteiger partial charge is 0.223 e. The highest BCUT2D eigenvalue weighted by atomic mass is 19.1. The molecule has 30 heavy (non-hydrogen) atoms. The fourth-order valence-corrected chi connectivity index (χ4v) is 3.86. The first-order chi connectivity index (χ1) is 14.7. The van der Waals surface area contributed by atoms with E-state index in [1.807, 2.05) is 0 Å². The van der Waals surface area contributed by atoms with Crippen LogP contribution >= 0.6 is 0 Å². The number of benzene rings is 2. The van der Waals surface area contributed by atoms with Crippen LogP contribution in [-0.2, 0) is 0 Å². The quantitative estimate of drug-likeness (QED) is 0.475. The number of aromatic amines is 1. The predicted octanol–water partition coefficient (Wildman–Crippen LogP) is 4.13. The van der Waals surface area contributed by atoms with Crippen LogP contribution in [0.25, 0.3) is 33.4 Å². The predicted molar refractivity (Wildman–Crippen MR) is 112 cm³/mol. The summed E-state index contributed by atoms with van der Waals surface area (Å²) < 4.78 is 28.5. The third-order valence-electron chi connectivity index (χ3n) is 5.34. The van der Waals surface area contributed by atoms with Crippen molar-refractivity contribution in [2.75, 3.05) is 18.4 Å². The molecule has 3 N–H and O–H groups in total. The third-order valence-corrected chi connectivity index (χ3v) is 5.34. The summed E-state index contributed by atoms with van der Waals surface area (Å²) in [5.74, 6) is -0.670. The van der Waals surface area contributed by atoms with Crippen LogP contribution in [0.5, 0.6) is 0 Å². The maximum atomic E-state index is 14.3. The molecule has 1 aliphatic rings. The molecule has 3 heterocycles. The van der Waals surface area contributed by atoms with Crippen molar-refractivity contribution in [3.05, 3.63) is 60.3 Å². The van der Waals surface area contributed by atoms with Crippen molar-refractivity contribution in [1.29, 1.82) is 0 Å². The topological polar surface area (TPSA) is 78.5 Å². The number of rotatable bonds is 4. The van der Waals surface area contributed by atoms with Crippen molar-refractivity contribution in [3.63, 3.8) is 0 Å². The molecule has 0 aliphatic carbocycles. The molecule has 2 aromatic heterocycles. The maximum absolute atomic E-state index is 14.3. The van der Waals surface area contributed by atoms with E-state index >= 15 is 0 Å². The highest BCUT2D eigenvalue weighted by Crippen LogP contribution is 2.32. The van der Waals surface area contributed by atoms with E-state index in [9.17, 15) is 8.78 Å². The van der Waals surface area contributed by atoms with E-state index in [1.54, 1.807) is 30.5 Å². The van der Waals surface area contributed by atoms with Crippen LogP contribution < -0.4 is 10.6 Å². The van der Waals surface area contributed by atoms with Crippen LogP contribution in [0.3, 0.4) is 0 Å². The number of H-pyrrole nitrogens is 1. The van der Waals surface area contributed by atoms with Gasteiger partial charge in [0.1, 0.15) is 17.3 Å². The van der Waals surface area contributed by atoms with Gasteiger partial charge in [0, 0.05) is 24.2 Å². The zero-order valence-corrected chi connectivity index (χ0v) is 16.1. The molecule has 0 spiro atoms. The Labute approximate surface area is 171 Å². The van der Waals surface area contributed by atoms with E-state index in [0.717, 1.165) is 36.8 Å². The largest absolute Gasteiger partial charge is 0.350 e. The summed E-state index contributed by atoms with van der Waals surface area (Å²) in [6.07, 6.45) is 3.85. The second-order valence-corrected chi connectivity index (χ2v) is 7.38. The minimum Gasteiger partial charge on any atom is -0.350 e. The number of aromatic nitrogens is 4. The molecule has 0 amide bonds. The number of piperidine rings is 1. The van der Waals surface area contributed by atoms with Gasteiger partial charge in [-0.2, -0.15) is 5.10 Å². The lowest BCUT2D eigenvalue weighted by Gasteiger charge is -2.23. The zero-order chi connectivity index (χ0) is 20.5. The fourth-order valence-electron chi connectivity index (χ4n) is 3.86. The van der Waals surface area contributed by atoms with Crippen LogP contribution in [0.4, 0.5) is 14.7 Å². The molecular formula is C22H20F2N6. The molecule has 5 rings (SSSR count). The molecular weight excluding hydrogens is 386 g/mol. The molecule has 6 nitrogen and oxygen atoms in total. The van der Waals surface area contributed by atoms with Crippen LogP contribution in [0, 0.1) is 11.6 Å². The third kappa shape index (κ3) is 3.50. The highest BCUT2D eigenvalue weighted by Gasteiger charge is 2.17. The van der Waals surface area contributed by atoms with E-state index < -0.39 is 11.6 Å². The van der Waals surface area contributed by atoms with Gasteiger partial charge in [0.2, 0.25) is 5.95 Å². The minimum absolute atomic E-state index is 0.0543. The van der Waals surface area contributed by atoms with Crippen LogP contribution in [-0.4, -0.2) is 39.3 Å². The van der Waals surface area contributed by atoms with Gasteiger partial charge < -0.3 is 10.6 Å². The first-order valence-corrected chi connectivity index (χ1v) is 9.92. The molecule has 0 saturated carbocycles. The van der Waals surface area contributed by atoms with Gasteiger partial charge in [-0.1, -0.05) is 12.1 Å². The summed E-state index contributed by atoms with van der Waals surface area (Å²) in [4.78, 5) is 8.94. The Bertz CT molecular complexity index is 1180. The molecule has 1 atom stereocenters. The summed E-state index contributed by atoms with van der Waals surface area (Å²) in [6.45, 7) is 1.90. The van der Waals surface area contributed by atoms with E-state index in [-0.39, 0.29) is 11.6 Å². The average Bonchev–Trinajstić information content (AvgIpc) is 3.18. The number of nitrogens with zero attached hydrogens (tertiary/aromatic N) is 3. The molecule has 152 valence electrons. The van der Waals surface area contributed by atoms with Crippen molar-refractivity contribution in [3.8, 4) is 22.5 Å². The molecule has 1 saturated heterocycles. The fraction of sp³-hybridized carbons (Fsp3) is 0.227. The summed E-state index contributed by atoms with van der Waals surface area (Å²) in [7, 11) is 0.